The lowest BCUT2D eigenvalue weighted by atomic mass is 9.99. The number of amides is 1. The van der Waals surface area contributed by atoms with Crippen LogP contribution in [0, 0.1) is 0 Å². The van der Waals surface area contributed by atoms with Crippen molar-refractivity contribution in [2.24, 2.45) is 0 Å². The number of hydrogen-bond donors (Lipinski definition) is 1. The fraction of sp³-hybridized carbons (Fsp3) is 0.214. The first-order valence-corrected chi connectivity index (χ1v) is 11.4. The number of fused-ring (bicyclic) bond motifs is 1. The number of furan rings is 1. The number of nitrogens with one attached hydrogen (secondary N) is 1. The number of pyridine rings is 1. The zero-order chi connectivity index (χ0) is 23.9. The van der Waals surface area contributed by atoms with E-state index in [-0.39, 0.29) is 5.91 Å². The Morgan fingerprint density at radius 2 is 1.85 bits per heavy atom. The highest BCUT2D eigenvalue weighted by Gasteiger charge is 2.15. The minimum atomic E-state index is -0.190. The summed E-state index contributed by atoms with van der Waals surface area (Å²) >= 11 is 0. The summed E-state index contributed by atoms with van der Waals surface area (Å²) in [5.74, 6) is 1.31. The fourth-order valence-corrected chi connectivity index (χ4v) is 3.76. The minimum absolute atomic E-state index is 0.190. The van der Waals surface area contributed by atoms with Gasteiger partial charge in [0.15, 0.2) is 0 Å². The Hall–Kier alpha value is -4.06. The van der Waals surface area contributed by atoms with E-state index in [1.54, 1.807) is 18.5 Å². The van der Waals surface area contributed by atoms with Gasteiger partial charge in [-0.25, -0.2) is 0 Å². The summed E-state index contributed by atoms with van der Waals surface area (Å²) < 4.78 is 17.3. The molecule has 0 saturated carbocycles. The number of carbonyl (C=O) groups excluding carboxylic acids is 1. The molecule has 0 saturated heterocycles. The lowest BCUT2D eigenvalue weighted by Crippen LogP contribution is -2.21. The number of nitrogens with zero attached hydrogens (tertiary/aromatic N) is 1. The topological polar surface area (TPSA) is 73.6 Å². The largest absolute Gasteiger partial charge is 0.494 e. The summed E-state index contributed by atoms with van der Waals surface area (Å²) in [4.78, 5) is 16.8. The molecule has 0 bridgehead atoms. The molecule has 0 spiro atoms. The van der Waals surface area contributed by atoms with Crippen LogP contribution in [-0.2, 0) is 11.3 Å². The number of rotatable bonds is 9. The van der Waals surface area contributed by atoms with E-state index < -0.39 is 0 Å². The highest BCUT2D eigenvalue weighted by Crippen LogP contribution is 2.38. The lowest BCUT2D eigenvalue weighted by Gasteiger charge is -2.12. The molecule has 0 unspecified atom stereocenters. The molecule has 0 radical (unpaired) electrons. The zero-order valence-corrected chi connectivity index (χ0v) is 19.6. The second-order valence-electron chi connectivity index (χ2n) is 7.75. The van der Waals surface area contributed by atoms with Crippen molar-refractivity contribution in [2.75, 3.05) is 13.2 Å². The maximum Gasteiger partial charge on any atom is 0.244 e. The normalized spacial score (nSPS) is 11.4. The summed E-state index contributed by atoms with van der Waals surface area (Å²) in [6.45, 7) is 7.29. The number of benzene rings is 2. The van der Waals surface area contributed by atoms with Gasteiger partial charge < -0.3 is 19.2 Å². The van der Waals surface area contributed by atoms with Crippen molar-refractivity contribution in [1.82, 2.24) is 10.3 Å². The monoisotopic (exact) mass is 456 g/mol. The second kappa shape index (κ2) is 10.7. The van der Waals surface area contributed by atoms with Crippen LogP contribution in [0.15, 0.2) is 77.6 Å². The molecule has 1 N–H and O–H groups in total. The molecule has 0 aliphatic carbocycles. The Balaban J connectivity index is 1.64. The quantitative estimate of drug-likeness (QED) is 0.312. The third kappa shape index (κ3) is 5.29. The smallest absolute Gasteiger partial charge is 0.244 e. The molecule has 0 aliphatic rings. The van der Waals surface area contributed by atoms with E-state index in [9.17, 15) is 4.79 Å². The highest BCUT2D eigenvalue weighted by atomic mass is 16.5. The molecule has 0 fully saturated rings. The van der Waals surface area contributed by atoms with Crippen LogP contribution in [0.1, 0.15) is 32.0 Å². The molecular formula is C28H28N2O4. The molecule has 2 aromatic heterocycles. The van der Waals surface area contributed by atoms with Crippen LogP contribution in [0.25, 0.3) is 27.7 Å². The van der Waals surface area contributed by atoms with E-state index in [0.717, 1.165) is 44.7 Å². The fourth-order valence-electron chi connectivity index (χ4n) is 3.76. The summed E-state index contributed by atoms with van der Waals surface area (Å²) in [6, 6.07) is 17.4. The molecule has 6 heteroatoms. The molecule has 0 aliphatic heterocycles. The predicted octanol–water partition coefficient (Wildman–Crippen LogP) is 6.01. The van der Waals surface area contributed by atoms with Gasteiger partial charge in [0.25, 0.3) is 0 Å². The van der Waals surface area contributed by atoms with Gasteiger partial charge in [-0.3, -0.25) is 9.78 Å². The molecule has 174 valence electrons. The molecule has 4 aromatic rings. The van der Waals surface area contributed by atoms with Crippen molar-refractivity contribution in [1.29, 1.82) is 0 Å². The van der Waals surface area contributed by atoms with Crippen LogP contribution in [0.2, 0.25) is 0 Å². The van der Waals surface area contributed by atoms with Crippen LogP contribution < -0.4 is 14.8 Å². The van der Waals surface area contributed by atoms with E-state index in [4.69, 9.17) is 13.9 Å². The average Bonchev–Trinajstić information content (AvgIpc) is 3.26. The van der Waals surface area contributed by atoms with Gasteiger partial charge in [-0.1, -0.05) is 18.2 Å². The number of hydrogen-bond acceptors (Lipinski definition) is 5. The SMILES string of the molecule is CCOc1ccc(-c2coc3cc(OCC)c(/C(C)=C/C(=O)NCc4ccccn4)cc23)cc1. The first-order chi connectivity index (χ1) is 16.6. The average molecular weight is 457 g/mol. The van der Waals surface area contributed by atoms with Crippen LogP contribution in [0.4, 0.5) is 0 Å². The Morgan fingerprint density at radius 3 is 2.56 bits per heavy atom. The van der Waals surface area contributed by atoms with Crippen molar-refractivity contribution in [3.05, 3.63) is 84.4 Å². The van der Waals surface area contributed by atoms with E-state index in [2.05, 4.69) is 10.3 Å². The predicted molar refractivity (Wildman–Crippen MR) is 134 cm³/mol. The molecule has 34 heavy (non-hydrogen) atoms. The molecule has 6 nitrogen and oxygen atoms in total. The summed E-state index contributed by atoms with van der Waals surface area (Å²) in [5, 5.41) is 3.84. The maximum absolute atomic E-state index is 12.6. The third-order valence-corrected chi connectivity index (χ3v) is 5.39. The van der Waals surface area contributed by atoms with Gasteiger partial charge in [0, 0.05) is 34.9 Å². The molecule has 4 rings (SSSR count). The van der Waals surface area contributed by atoms with Crippen LogP contribution in [0.5, 0.6) is 11.5 Å². The second-order valence-corrected chi connectivity index (χ2v) is 7.75. The van der Waals surface area contributed by atoms with Gasteiger partial charge in [0.1, 0.15) is 17.1 Å². The first-order valence-electron chi connectivity index (χ1n) is 11.4. The Kier molecular flexibility index (Phi) is 7.28. The summed E-state index contributed by atoms with van der Waals surface area (Å²) in [6.07, 6.45) is 5.04. The zero-order valence-electron chi connectivity index (χ0n) is 19.6. The molecule has 2 heterocycles. The number of ether oxygens (including phenoxy) is 2. The van der Waals surface area contributed by atoms with Crippen LogP contribution in [0.3, 0.4) is 0 Å². The summed E-state index contributed by atoms with van der Waals surface area (Å²) in [7, 11) is 0. The van der Waals surface area contributed by atoms with Crippen molar-refractivity contribution in [2.45, 2.75) is 27.3 Å². The Labute approximate surface area is 199 Å². The standard InChI is InChI=1S/C28H28N2O4/c1-4-32-22-11-9-20(10-12-22)25-18-34-27-16-26(33-5-2)23(15-24(25)27)19(3)14-28(31)30-17-21-8-6-7-13-29-21/h6-16,18H,4-5,17H2,1-3H3,(H,30,31)/b19-14+. The van der Waals surface area contributed by atoms with Crippen molar-refractivity contribution >= 4 is 22.4 Å². The molecular weight excluding hydrogens is 428 g/mol. The van der Waals surface area contributed by atoms with E-state index in [0.29, 0.717) is 25.5 Å². The van der Waals surface area contributed by atoms with Gasteiger partial charge in [0.2, 0.25) is 5.91 Å². The minimum Gasteiger partial charge on any atom is -0.494 e. The maximum atomic E-state index is 12.6. The van der Waals surface area contributed by atoms with Crippen LogP contribution in [-0.4, -0.2) is 24.1 Å². The number of aromatic nitrogens is 1. The van der Waals surface area contributed by atoms with Gasteiger partial charge in [0.05, 0.1) is 31.7 Å². The first kappa shape index (κ1) is 23.1. The van der Waals surface area contributed by atoms with E-state index in [1.165, 1.54) is 0 Å². The van der Waals surface area contributed by atoms with Crippen molar-refractivity contribution < 1.29 is 18.7 Å². The number of carbonyl (C=O) groups is 1. The van der Waals surface area contributed by atoms with Crippen LogP contribution >= 0.6 is 0 Å². The van der Waals surface area contributed by atoms with Gasteiger partial charge >= 0.3 is 0 Å². The Bertz CT molecular complexity index is 1290. The van der Waals surface area contributed by atoms with Gasteiger partial charge in [-0.2, -0.15) is 0 Å². The third-order valence-electron chi connectivity index (χ3n) is 5.39. The number of allylic oxidation sites excluding steroid dienone is 1. The van der Waals surface area contributed by atoms with E-state index in [1.807, 2.05) is 75.4 Å². The van der Waals surface area contributed by atoms with E-state index >= 15 is 0 Å². The van der Waals surface area contributed by atoms with Gasteiger partial charge in [-0.15, -0.1) is 0 Å². The summed E-state index contributed by atoms with van der Waals surface area (Å²) in [5.41, 5.74) is 5.15. The lowest BCUT2D eigenvalue weighted by molar-refractivity contribution is -0.116. The van der Waals surface area contributed by atoms with Crippen molar-refractivity contribution in [3.63, 3.8) is 0 Å². The Morgan fingerprint density at radius 1 is 1.06 bits per heavy atom. The molecule has 2 aromatic carbocycles. The van der Waals surface area contributed by atoms with Gasteiger partial charge in [-0.05, 0) is 62.2 Å². The highest BCUT2D eigenvalue weighted by molar-refractivity contribution is 6.00. The van der Waals surface area contributed by atoms with Crippen molar-refractivity contribution in [3.8, 4) is 22.6 Å². The molecule has 1 amide bonds. The molecule has 0 atom stereocenters.